The lowest BCUT2D eigenvalue weighted by atomic mass is 10.1. The first-order valence-electron chi connectivity index (χ1n) is 7.02. The molecule has 1 aromatic heterocycles. The van der Waals surface area contributed by atoms with E-state index < -0.39 is 5.97 Å². The molecule has 0 saturated carbocycles. The van der Waals surface area contributed by atoms with Crippen molar-refractivity contribution in [3.05, 3.63) is 58.9 Å². The van der Waals surface area contributed by atoms with Gasteiger partial charge in [-0.15, -0.1) is 0 Å². The number of rotatable bonds is 5. The van der Waals surface area contributed by atoms with Crippen LogP contribution in [0, 0.1) is 6.92 Å². The fourth-order valence-electron chi connectivity index (χ4n) is 2.08. The Bertz CT molecular complexity index is 728. The molecule has 0 bridgehead atoms. The molecule has 2 rings (SSSR count). The number of carbonyl (C=O) groups excluding carboxylic acids is 2. The first-order valence-corrected chi connectivity index (χ1v) is 7.02. The molecule has 2 aromatic rings. The van der Waals surface area contributed by atoms with Crippen molar-refractivity contribution in [2.75, 3.05) is 14.2 Å². The first-order chi connectivity index (χ1) is 11.0. The maximum atomic E-state index is 12.1. The van der Waals surface area contributed by atoms with Gasteiger partial charge in [0.2, 0.25) is 0 Å². The number of aryl methyl sites for hydroxylation is 1. The molecule has 0 aliphatic heterocycles. The third-order valence-electron chi connectivity index (χ3n) is 3.24. The quantitative estimate of drug-likeness (QED) is 0.855. The SMILES string of the molecule is COC(=O)c1cc(CNC(=O)c2cccc(C)n2)ccc1OC. The summed E-state index contributed by atoms with van der Waals surface area (Å²) in [6.45, 7) is 2.09. The Labute approximate surface area is 134 Å². The molecule has 6 heteroatoms. The summed E-state index contributed by atoms with van der Waals surface area (Å²) >= 11 is 0. The average molecular weight is 314 g/mol. The number of ether oxygens (including phenoxy) is 2. The summed E-state index contributed by atoms with van der Waals surface area (Å²) in [6.07, 6.45) is 0. The van der Waals surface area contributed by atoms with Crippen LogP contribution in [0.2, 0.25) is 0 Å². The molecule has 120 valence electrons. The maximum absolute atomic E-state index is 12.1. The molecule has 23 heavy (non-hydrogen) atoms. The van der Waals surface area contributed by atoms with Crippen molar-refractivity contribution >= 4 is 11.9 Å². The third-order valence-corrected chi connectivity index (χ3v) is 3.24. The summed E-state index contributed by atoms with van der Waals surface area (Å²) in [7, 11) is 2.78. The van der Waals surface area contributed by atoms with Gasteiger partial charge in [0.05, 0.1) is 14.2 Å². The van der Waals surface area contributed by atoms with E-state index in [9.17, 15) is 9.59 Å². The number of carbonyl (C=O) groups is 2. The van der Waals surface area contributed by atoms with E-state index in [1.165, 1.54) is 14.2 Å². The monoisotopic (exact) mass is 314 g/mol. The summed E-state index contributed by atoms with van der Waals surface area (Å²) in [5.74, 6) is -0.341. The standard InChI is InChI=1S/C17H18N2O4/c1-11-5-4-6-14(19-11)16(20)18-10-12-7-8-15(22-2)13(9-12)17(21)23-3/h4-9H,10H2,1-3H3,(H,18,20). The van der Waals surface area contributed by atoms with E-state index in [0.717, 1.165) is 11.3 Å². The molecule has 0 unspecified atom stereocenters. The molecule has 1 aromatic carbocycles. The van der Waals surface area contributed by atoms with Gasteiger partial charge in [0.25, 0.3) is 5.91 Å². The van der Waals surface area contributed by atoms with Crippen LogP contribution >= 0.6 is 0 Å². The van der Waals surface area contributed by atoms with E-state index in [4.69, 9.17) is 9.47 Å². The van der Waals surface area contributed by atoms with E-state index in [0.29, 0.717) is 17.0 Å². The lowest BCUT2D eigenvalue weighted by Gasteiger charge is -2.10. The van der Waals surface area contributed by atoms with Crippen molar-refractivity contribution in [1.29, 1.82) is 0 Å². The molecule has 0 aliphatic carbocycles. The summed E-state index contributed by atoms with van der Waals surface area (Å²) < 4.78 is 9.86. The summed E-state index contributed by atoms with van der Waals surface area (Å²) in [5, 5.41) is 2.77. The topological polar surface area (TPSA) is 77.5 Å². The zero-order valence-electron chi connectivity index (χ0n) is 13.3. The van der Waals surface area contributed by atoms with Crippen LogP contribution in [0.15, 0.2) is 36.4 Å². The van der Waals surface area contributed by atoms with Crippen molar-refractivity contribution in [3.8, 4) is 5.75 Å². The Kier molecular flexibility index (Phi) is 5.30. The second kappa shape index (κ2) is 7.40. The van der Waals surface area contributed by atoms with Crippen LogP contribution in [0.4, 0.5) is 0 Å². The fraction of sp³-hybridized carbons (Fsp3) is 0.235. The smallest absolute Gasteiger partial charge is 0.341 e. The number of hydrogen-bond acceptors (Lipinski definition) is 5. The molecule has 0 aliphatic rings. The van der Waals surface area contributed by atoms with Crippen LogP contribution in [0.3, 0.4) is 0 Å². The predicted molar refractivity (Wildman–Crippen MR) is 84.5 cm³/mol. The molecule has 0 saturated heterocycles. The van der Waals surface area contributed by atoms with Crippen LogP contribution in [0.5, 0.6) is 5.75 Å². The van der Waals surface area contributed by atoms with E-state index in [-0.39, 0.29) is 12.5 Å². The van der Waals surface area contributed by atoms with Gasteiger partial charge in [0.15, 0.2) is 0 Å². The Hall–Kier alpha value is -2.89. The Morgan fingerprint density at radius 1 is 1.17 bits per heavy atom. The van der Waals surface area contributed by atoms with Gasteiger partial charge in [-0.05, 0) is 36.8 Å². The van der Waals surface area contributed by atoms with Gasteiger partial charge in [-0.25, -0.2) is 9.78 Å². The van der Waals surface area contributed by atoms with E-state index >= 15 is 0 Å². The minimum absolute atomic E-state index is 0.266. The largest absolute Gasteiger partial charge is 0.496 e. The van der Waals surface area contributed by atoms with Gasteiger partial charge in [-0.3, -0.25) is 4.79 Å². The molecule has 0 fully saturated rings. The molecular weight excluding hydrogens is 296 g/mol. The number of methoxy groups -OCH3 is 2. The molecule has 0 atom stereocenters. The van der Waals surface area contributed by atoms with Crippen molar-refractivity contribution in [1.82, 2.24) is 10.3 Å². The van der Waals surface area contributed by atoms with Crippen molar-refractivity contribution in [2.24, 2.45) is 0 Å². The zero-order chi connectivity index (χ0) is 16.8. The second-order valence-electron chi connectivity index (χ2n) is 4.87. The van der Waals surface area contributed by atoms with Crippen molar-refractivity contribution < 1.29 is 19.1 Å². The van der Waals surface area contributed by atoms with E-state index in [1.54, 1.807) is 30.3 Å². The number of aromatic nitrogens is 1. The van der Waals surface area contributed by atoms with Gasteiger partial charge >= 0.3 is 5.97 Å². The summed E-state index contributed by atoms with van der Waals surface area (Å²) in [5.41, 5.74) is 2.20. The van der Waals surface area contributed by atoms with E-state index in [2.05, 4.69) is 10.3 Å². The first kappa shape index (κ1) is 16.5. The van der Waals surface area contributed by atoms with Gasteiger partial charge in [-0.2, -0.15) is 0 Å². The van der Waals surface area contributed by atoms with Crippen LogP contribution in [-0.4, -0.2) is 31.1 Å². The van der Waals surface area contributed by atoms with Crippen LogP contribution < -0.4 is 10.1 Å². The average Bonchev–Trinajstić information content (AvgIpc) is 2.58. The van der Waals surface area contributed by atoms with Gasteiger partial charge in [0.1, 0.15) is 17.0 Å². The van der Waals surface area contributed by atoms with Crippen LogP contribution in [0.1, 0.15) is 32.1 Å². The molecule has 1 amide bonds. The zero-order valence-corrected chi connectivity index (χ0v) is 13.3. The Balaban J connectivity index is 2.11. The highest BCUT2D eigenvalue weighted by Gasteiger charge is 2.14. The molecule has 6 nitrogen and oxygen atoms in total. The molecular formula is C17H18N2O4. The molecule has 1 heterocycles. The number of hydrogen-bond donors (Lipinski definition) is 1. The Morgan fingerprint density at radius 3 is 2.61 bits per heavy atom. The third kappa shape index (κ3) is 4.06. The van der Waals surface area contributed by atoms with Crippen molar-refractivity contribution in [3.63, 3.8) is 0 Å². The minimum Gasteiger partial charge on any atom is -0.496 e. The highest BCUT2D eigenvalue weighted by Crippen LogP contribution is 2.20. The number of esters is 1. The lowest BCUT2D eigenvalue weighted by Crippen LogP contribution is -2.24. The Morgan fingerprint density at radius 2 is 1.96 bits per heavy atom. The maximum Gasteiger partial charge on any atom is 0.341 e. The summed E-state index contributed by atoms with van der Waals surface area (Å²) in [6, 6.07) is 10.3. The molecule has 1 N–H and O–H groups in total. The van der Waals surface area contributed by atoms with Crippen LogP contribution in [-0.2, 0) is 11.3 Å². The van der Waals surface area contributed by atoms with E-state index in [1.807, 2.05) is 13.0 Å². The lowest BCUT2D eigenvalue weighted by molar-refractivity contribution is 0.0597. The normalized spacial score (nSPS) is 10.0. The number of amides is 1. The highest BCUT2D eigenvalue weighted by molar-refractivity contribution is 5.93. The number of benzene rings is 1. The van der Waals surface area contributed by atoms with Crippen LogP contribution in [0.25, 0.3) is 0 Å². The van der Waals surface area contributed by atoms with Gasteiger partial charge < -0.3 is 14.8 Å². The van der Waals surface area contributed by atoms with Crippen molar-refractivity contribution in [2.45, 2.75) is 13.5 Å². The summed E-state index contributed by atoms with van der Waals surface area (Å²) in [4.78, 5) is 28.0. The number of pyridine rings is 1. The second-order valence-corrected chi connectivity index (χ2v) is 4.87. The highest BCUT2D eigenvalue weighted by atomic mass is 16.5. The van der Waals surface area contributed by atoms with Gasteiger partial charge in [-0.1, -0.05) is 12.1 Å². The molecule has 0 radical (unpaired) electrons. The molecule has 0 spiro atoms. The van der Waals surface area contributed by atoms with Gasteiger partial charge in [0, 0.05) is 12.2 Å². The number of nitrogens with one attached hydrogen (secondary N) is 1. The predicted octanol–water partition coefficient (Wildman–Crippen LogP) is 2.12. The minimum atomic E-state index is -0.490. The number of nitrogens with zero attached hydrogens (tertiary/aromatic N) is 1. The fourth-order valence-corrected chi connectivity index (χ4v) is 2.08.